The van der Waals surface area contributed by atoms with Gasteiger partial charge in [-0.2, -0.15) is 0 Å². The van der Waals surface area contributed by atoms with Gasteiger partial charge in [0.1, 0.15) is 11.5 Å². The van der Waals surface area contributed by atoms with E-state index in [1.807, 2.05) is 13.8 Å². The number of benzene rings is 2. The molecule has 0 aliphatic carbocycles. The van der Waals surface area contributed by atoms with E-state index >= 15 is 0 Å². The summed E-state index contributed by atoms with van der Waals surface area (Å²) in [7, 11) is 0. The minimum atomic E-state index is -0.250. The zero-order chi connectivity index (χ0) is 15.6. The summed E-state index contributed by atoms with van der Waals surface area (Å²) in [4.78, 5) is 11.0. The quantitative estimate of drug-likeness (QED) is 0.755. The molecule has 3 N–H and O–H groups in total. The number of aliphatic hydroxyl groups excluding tert-OH is 1. The van der Waals surface area contributed by atoms with Crippen molar-refractivity contribution in [2.75, 3.05) is 0 Å². The van der Waals surface area contributed by atoms with Crippen LogP contribution in [0.2, 0.25) is 0 Å². The fraction of sp³-hybridized carbons (Fsp3) is 0.235. The van der Waals surface area contributed by atoms with Crippen LogP contribution in [0.15, 0.2) is 24.3 Å². The molecule has 0 aromatic heterocycles. The standard InChI is InChI=1S/C17H18O4/c1-10-3-12(16(20)14(5-10)8-18)7-13-4-11(2)6-15(9-19)17(13)21/h3-6,8,19-21H,7,9H2,1-2H3. The van der Waals surface area contributed by atoms with Gasteiger partial charge in [0, 0.05) is 12.0 Å². The predicted molar refractivity (Wildman–Crippen MR) is 79.8 cm³/mol. The molecule has 2 rings (SSSR count). The van der Waals surface area contributed by atoms with E-state index in [0.29, 0.717) is 23.0 Å². The molecule has 0 amide bonds. The number of aldehydes is 1. The molecule has 2 aromatic carbocycles. The molecule has 0 fully saturated rings. The van der Waals surface area contributed by atoms with E-state index in [1.165, 1.54) is 0 Å². The number of rotatable bonds is 4. The van der Waals surface area contributed by atoms with Gasteiger partial charge in [-0.3, -0.25) is 4.79 Å². The zero-order valence-corrected chi connectivity index (χ0v) is 12.1. The summed E-state index contributed by atoms with van der Waals surface area (Å²) < 4.78 is 0. The van der Waals surface area contributed by atoms with Crippen molar-refractivity contribution in [2.45, 2.75) is 26.9 Å². The smallest absolute Gasteiger partial charge is 0.153 e. The van der Waals surface area contributed by atoms with Crippen LogP contribution in [0.25, 0.3) is 0 Å². The molecule has 0 aliphatic heterocycles. The lowest BCUT2D eigenvalue weighted by Crippen LogP contribution is -1.97. The molecule has 4 nitrogen and oxygen atoms in total. The predicted octanol–water partition coefficient (Wildman–Crippen LogP) is 2.61. The second-order valence-corrected chi connectivity index (χ2v) is 5.25. The third kappa shape index (κ3) is 3.06. The van der Waals surface area contributed by atoms with Crippen LogP contribution >= 0.6 is 0 Å². The van der Waals surface area contributed by atoms with Gasteiger partial charge in [-0.05, 0) is 36.6 Å². The summed E-state index contributed by atoms with van der Waals surface area (Å²) in [5.41, 5.74) is 3.64. The Kier molecular flexibility index (Phi) is 4.29. The van der Waals surface area contributed by atoms with Crippen LogP contribution in [0.1, 0.15) is 38.2 Å². The highest BCUT2D eigenvalue weighted by molar-refractivity contribution is 5.80. The normalized spacial score (nSPS) is 10.6. The monoisotopic (exact) mass is 286 g/mol. The molecular weight excluding hydrogens is 268 g/mol. The van der Waals surface area contributed by atoms with Crippen LogP contribution in [-0.2, 0) is 13.0 Å². The van der Waals surface area contributed by atoms with Crippen molar-refractivity contribution in [3.8, 4) is 11.5 Å². The van der Waals surface area contributed by atoms with Gasteiger partial charge in [-0.1, -0.05) is 23.8 Å². The molecule has 21 heavy (non-hydrogen) atoms. The van der Waals surface area contributed by atoms with Gasteiger partial charge in [0.25, 0.3) is 0 Å². The summed E-state index contributed by atoms with van der Waals surface area (Å²) in [5.74, 6) is -0.0429. The minimum absolute atomic E-state index is 0.0247. The number of aliphatic hydroxyl groups is 1. The van der Waals surface area contributed by atoms with E-state index < -0.39 is 0 Å². The molecule has 0 heterocycles. The molecular formula is C17H18O4. The summed E-state index contributed by atoms with van der Waals surface area (Å²) >= 11 is 0. The van der Waals surface area contributed by atoms with Gasteiger partial charge in [-0.25, -0.2) is 0 Å². The van der Waals surface area contributed by atoms with Gasteiger partial charge in [0.2, 0.25) is 0 Å². The van der Waals surface area contributed by atoms with Crippen LogP contribution in [-0.4, -0.2) is 21.6 Å². The van der Waals surface area contributed by atoms with Gasteiger partial charge < -0.3 is 15.3 Å². The Morgan fingerprint density at radius 1 is 0.905 bits per heavy atom. The highest BCUT2D eigenvalue weighted by Gasteiger charge is 2.13. The number of hydrogen-bond donors (Lipinski definition) is 3. The Labute approximate surface area is 123 Å². The topological polar surface area (TPSA) is 77.8 Å². The van der Waals surface area contributed by atoms with Crippen LogP contribution in [0.3, 0.4) is 0 Å². The van der Waals surface area contributed by atoms with E-state index in [9.17, 15) is 20.1 Å². The van der Waals surface area contributed by atoms with E-state index in [1.54, 1.807) is 24.3 Å². The van der Waals surface area contributed by atoms with E-state index in [-0.39, 0.29) is 30.1 Å². The molecule has 0 radical (unpaired) electrons. The van der Waals surface area contributed by atoms with E-state index in [0.717, 1.165) is 11.1 Å². The maximum absolute atomic E-state index is 11.0. The first kappa shape index (κ1) is 15.1. The van der Waals surface area contributed by atoms with Crippen LogP contribution in [0.5, 0.6) is 11.5 Å². The van der Waals surface area contributed by atoms with Crippen molar-refractivity contribution in [3.63, 3.8) is 0 Å². The van der Waals surface area contributed by atoms with Crippen molar-refractivity contribution < 1.29 is 20.1 Å². The average Bonchev–Trinajstić information content (AvgIpc) is 2.45. The Balaban J connectivity index is 2.50. The maximum Gasteiger partial charge on any atom is 0.153 e. The second kappa shape index (κ2) is 5.97. The van der Waals surface area contributed by atoms with E-state index in [4.69, 9.17) is 0 Å². The van der Waals surface area contributed by atoms with Crippen molar-refractivity contribution in [1.82, 2.24) is 0 Å². The highest BCUT2D eigenvalue weighted by atomic mass is 16.3. The molecule has 2 aromatic rings. The highest BCUT2D eigenvalue weighted by Crippen LogP contribution is 2.31. The average molecular weight is 286 g/mol. The SMILES string of the molecule is Cc1cc(C=O)c(O)c(Cc2cc(C)cc(CO)c2O)c1. The molecule has 110 valence electrons. The Bertz CT molecular complexity index is 690. The van der Waals surface area contributed by atoms with Crippen molar-refractivity contribution >= 4 is 6.29 Å². The minimum Gasteiger partial charge on any atom is -0.507 e. The first-order valence-corrected chi connectivity index (χ1v) is 6.66. The summed E-state index contributed by atoms with van der Waals surface area (Å²) in [6.45, 7) is 3.46. The summed E-state index contributed by atoms with van der Waals surface area (Å²) in [5, 5.41) is 29.5. The van der Waals surface area contributed by atoms with Crippen molar-refractivity contribution in [2.24, 2.45) is 0 Å². The van der Waals surface area contributed by atoms with Gasteiger partial charge in [0.05, 0.1) is 12.2 Å². The van der Waals surface area contributed by atoms with E-state index in [2.05, 4.69) is 0 Å². The molecule has 0 saturated carbocycles. The van der Waals surface area contributed by atoms with Crippen LogP contribution in [0.4, 0.5) is 0 Å². The Morgan fingerprint density at radius 2 is 1.43 bits per heavy atom. The summed E-state index contributed by atoms with van der Waals surface area (Å²) in [6.07, 6.45) is 0.899. The molecule has 0 spiro atoms. The molecule has 0 atom stereocenters. The zero-order valence-electron chi connectivity index (χ0n) is 12.1. The van der Waals surface area contributed by atoms with Gasteiger partial charge in [0.15, 0.2) is 6.29 Å². The number of aryl methyl sites for hydroxylation is 2. The third-order valence-electron chi connectivity index (χ3n) is 3.45. The van der Waals surface area contributed by atoms with Crippen LogP contribution in [0, 0.1) is 13.8 Å². The number of aromatic hydroxyl groups is 2. The van der Waals surface area contributed by atoms with Crippen LogP contribution < -0.4 is 0 Å². The molecule has 0 aliphatic rings. The second-order valence-electron chi connectivity index (χ2n) is 5.25. The fourth-order valence-corrected chi connectivity index (χ4v) is 2.50. The van der Waals surface area contributed by atoms with Gasteiger partial charge >= 0.3 is 0 Å². The number of phenols is 2. The Hall–Kier alpha value is -2.33. The lowest BCUT2D eigenvalue weighted by Gasteiger charge is -2.13. The lowest BCUT2D eigenvalue weighted by molar-refractivity contribution is 0.112. The Morgan fingerprint density at radius 3 is 2.00 bits per heavy atom. The lowest BCUT2D eigenvalue weighted by atomic mass is 9.96. The first-order chi connectivity index (χ1) is 9.96. The van der Waals surface area contributed by atoms with Crippen molar-refractivity contribution in [3.05, 3.63) is 57.6 Å². The van der Waals surface area contributed by atoms with Gasteiger partial charge in [-0.15, -0.1) is 0 Å². The number of carbonyl (C=O) groups excluding carboxylic acids is 1. The molecule has 0 saturated heterocycles. The number of hydrogen-bond acceptors (Lipinski definition) is 4. The summed E-state index contributed by atoms with van der Waals surface area (Å²) in [6, 6.07) is 6.91. The number of phenolic OH excluding ortho intramolecular Hbond substituents is 1. The third-order valence-corrected chi connectivity index (χ3v) is 3.45. The first-order valence-electron chi connectivity index (χ1n) is 6.66. The largest absolute Gasteiger partial charge is 0.507 e. The van der Waals surface area contributed by atoms with Crippen molar-refractivity contribution in [1.29, 1.82) is 0 Å². The molecule has 0 bridgehead atoms. The number of carbonyl (C=O) groups is 1. The maximum atomic E-state index is 11.0. The molecule has 0 unspecified atom stereocenters. The fourth-order valence-electron chi connectivity index (χ4n) is 2.50. The molecule has 4 heteroatoms.